The second kappa shape index (κ2) is 9.97. The maximum absolute atomic E-state index is 6.80. The molecule has 1 aliphatic carbocycles. The molecule has 0 aliphatic heterocycles. The van der Waals surface area contributed by atoms with Crippen molar-refractivity contribution in [2.75, 3.05) is 0 Å². The van der Waals surface area contributed by atoms with E-state index in [1.807, 2.05) is 0 Å². The summed E-state index contributed by atoms with van der Waals surface area (Å²) in [5.41, 5.74) is 12.0. The molecule has 1 aliphatic rings. The molecule has 4 rings (SSSR count). The van der Waals surface area contributed by atoms with Crippen molar-refractivity contribution in [2.45, 2.75) is 69.8 Å². The van der Waals surface area contributed by atoms with Gasteiger partial charge in [-0.25, -0.2) is 0 Å². The molecule has 0 spiro atoms. The van der Waals surface area contributed by atoms with Crippen LogP contribution in [0.5, 0.6) is 0 Å². The fourth-order valence-electron chi connectivity index (χ4n) is 5.02. The summed E-state index contributed by atoms with van der Waals surface area (Å²) in [6.07, 6.45) is 2.41. The molecule has 0 nitrogen and oxygen atoms in total. The first kappa shape index (κ1) is 26.9. The number of allylic oxidation sites excluding steroid dienone is 1. The first-order valence-corrected chi connectivity index (χ1v) is 20.3. The maximum atomic E-state index is 6.80. The molecule has 0 radical (unpaired) electrons. The number of halogens is 2. The van der Waals surface area contributed by atoms with Gasteiger partial charge in [0.2, 0.25) is 0 Å². The average molecular weight is 584 g/mol. The number of fused-ring (bicyclic) bond motifs is 1. The van der Waals surface area contributed by atoms with Crippen molar-refractivity contribution in [3.63, 3.8) is 0 Å². The molecular weight excluding hydrogens is 546 g/mol. The monoisotopic (exact) mass is 581 g/mol. The van der Waals surface area contributed by atoms with Crippen LogP contribution in [0.25, 0.3) is 28.3 Å². The van der Waals surface area contributed by atoms with Crippen molar-refractivity contribution >= 4 is 23.1 Å². The van der Waals surface area contributed by atoms with E-state index in [-0.39, 0.29) is 14.5 Å². The van der Waals surface area contributed by atoms with Crippen LogP contribution in [0, 0.1) is 5.92 Å². The van der Waals surface area contributed by atoms with E-state index in [1.54, 1.807) is 0 Å². The van der Waals surface area contributed by atoms with Gasteiger partial charge in [-0.1, -0.05) is 0 Å². The summed E-state index contributed by atoms with van der Waals surface area (Å²) < 4.78 is 0.215. The van der Waals surface area contributed by atoms with E-state index in [9.17, 15) is 0 Å². The van der Waals surface area contributed by atoms with Gasteiger partial charge >= 0.3 is 229 Å². The van der Waals surface area contributed by atoms with Crippen LogP contribution in [0.15, 0.2) is 66.2 Å². The summed E-state index contributed by atoms with van der Waals surface area (Å²) in [5, 5.41) is 0. The Hall–Kier alpha value is -1.14. The van der Waals surface area contributed by atoms with Gasteiger partial charge in [-0.2, -0.15) is 0 Å². The second-order valence-electron chi connectivity index (χ2n) is 12.2. The minimum absolute atomic E-state index is 0.0511. The van der Waals surface area contributed by atoms with E-state index in [2.05, 4.69) is 122 Å². The van der Waals surface area contributed by atoms with Crippen LogP contribution in [-0.2, 0) is 30.2 Å². The Balaban J connectivity index is 2.11. The summed E-state index contributed by atoms with van der Waals surface area (Å²) in [5.74, 6) is 0.416. The molecule has 0 fully saturated rings. The van der Waals surface area contributed by atoms with Gasteiger partial charge in [0.25, 0.3) is 0 Å². The van der Waals surface area contributed by atoms with Crippen molar-refractivity contribution in [1.82, 2.24) is 0 Å². The minimum atomic E-state index is -2.60. The fourth-order valence-corrected chi connectivity index (χ4v) is 10.7. The van der Waals surface area contributed by atoms with Crippen LogP contribution in [0.1, 0.15) is 81.3 Å². The van der Waals surface area contributed by atoms with Crippen LogP contribution in [-0.4, -0.2) is 0 Å². The predicted octanol–water partition coefficient (Wildman–Crippen LogP) is 10.6. The van der Waals surface area contributed by atoms with E-state index in [1.165, 1.54) is 50.1 Å². The summed E-state index contributed by atoms with van der Waals surface area (Å²) >= 11 is -2.60. The van der Waals surface area contributed by atoms with Crippen LogP contribution < -0.4 is 0 Å². The van der Waals surface area contributed by atoms with Crippen LogP contribution in [0.2, 0.25) is 0 Å². The molecule has 0 saturated heterocycles. The summed E-state index contributed by atoms with van der Waals surface area (Å²) in [6.45, 7) is 18.4. The van der Waals surface area contributed by atoms with Gasteiger partial charge in [0.1, 0.15) is 0 Å². The quantitative estimate of drug-likeness (QED) is 0.287. The first-order chi connectivity index (χ1) is 16.3. The third-order valence-electron chi connectivity index (χ3n) is 7.16. The van der Waals surface area contributed by atoms with E-state index < -0.39 is 19.4 Å². The number of rotatable bonds is 4. The van der Waals surface area contributed by atoms with Gasteiger partial charge in [-0.05, 0) is 0 Å². The molecule has 0 amide bonds. The molecule has 3 aromatic carbocycles. The van der Waals surface area contributed by atoms with Gasteiger partial charge < -0.3 is 0 Å². The Morgan fingerprint density at radius 3 is 1.80 bits per heavy atom. The zero-order chi connectivity index (χ0) is 25.7. The van der Waals surface area contributed by atoms with Crippen molar-refractivity contribution in [3.05, 3.63) is 88.5 Å². The molecule has 0 heterocycles. The average Bonchev–Trinajstić information content (AvgIpc) is 3.18. The van der Waals surface area contributed by atoms with E-state index in [0.29, 0.717) is 5.92 Å². The molecular formula is C32H37Cl2Zr. The summed E-state index contributed by atoms with van der Waals surface area (Å²) in [6, 6.07) is 22.6. The van der Waals surface area contributed by atoms with Crippen molar-refractivity contribution in [2.24, 2.45) is 5.92 Å². The molecule has 0 aromatic heterocycles. The van der Waals surface area contributed by atoms with E-state index >= 15 is 0 Å². The fraction of sp³-hybridized carbons (Fsp3) is 0.375. The molecule has 1 atom stereocenters. The Morgan fingerprint density at radius 1 is 0.743 bits per heavy atom. The SMILES string of the molecule is CC(C)C1=Cc2c(ccc(-c3ccccc3)c2-c2cc(C(C)(C)C)cc(C(C)(C)C)c2)[CH]1[Zr]([Cl])[Cl]. The molecule has 35 heavy (non-hydrogen) atoms. The van der Waals surface area contributed by atoms with Crippen LogP contribution in [0.4, 0.5) is 0 Å². The Morgan fingerprint density at radius 2 is 1.31 bits per heavy atom. The van der Waals surface area contributed by atoms with E-state index in [0.717, 1.165) is 0 Å². The van der Waals surface area contributed by atoms with Gasteiger partial charge in [0.15, 0.2) is 0 Å². The van der Waals surface area contributed by atoms with E-state index in [4.69, 9.17) is 17.0 Å². The van der Waals surface area contributed by atoms with Gasteiger partial charge in [-0.3, -0.25) is 0 Å². The summed E-state index contributed by atoms with van der Waals surface area (Å²) in [4.78, 5) is 0. The molecule has 0 bridgehead atoms. The molecule has 1 unspecified atom stereocenters. The van der Waals surface area contributed by atoms with Crippen molar-refractivity contribution < 1.29 is 19.4 Å². The molecule has 183 valence electrons. The Kier molecular flexibility index (Phi) is 7.66. The van der Waals surface area contributed by atoms with Gasteiger partial charge in [0, 0.05) is 0 Å². The number of hydrogen-bond donors (Lipinski definition) is 0. The second-order valence-corrected chi connectivity index (χ2v) is 21.0. The normalized spacial score (nSPS) is 15.9. The number of benzene rings is 3. The van der Waals surface area contributed by atoms with Crippen LogP contribution >= 0.6 is 17.0 Å². The number of hydrogen-bond acceptors (Lipinski definition) is 0. The molecule has 3 aromatic rings. The van der Waals surface area contributed by atoms with Crippen molar-refractivity contribution in [1.29, 1.82) is 0 Å². The first-order valence-electron chi connectivity index (χ1n) is 12.6. The predicted molar refractivity (Wildman–Crippen MR) is 152 cm³/mol. The summed E-state index contributed by atoms with van der Waals surface area (Å²) in [7, 11) is 13.6. The van der Waals surface area contributed by atoms with Crippen LogP contribution in [0.3, 0.4) is 0 Å². The van der Waals surface area contributed by atoms with Gasteiger partial charge in [-0.15, -0.1) is 0 Å². The Labute approximate surface area is 227 Å². The van der Waals surface area contributed by atoms with Gasteiger partial charge in [0.05, 0.1) is 0 Å². The standard InChI is InChI=1S/C32H37.2ClH.Zr/c1-21(2)24-16-23-14-15-28(22-12-10-9-11-13-22)30(29(23)19-24)25-17-26(31(3,4)5)20-27(18-25)32(6,7)8;;;/h9-21H,1-8H3;2*1H;/q;;;+2/p-2. The van der Waals surface area contributed by atoms with Crippen molar-refractivity contribution in [3.8, 4) is 22.3 Å². The zero-order valence-electron chi connectivity index (χ0n) is 22.3. The molecule has 3 heteroatoms. The third kappa shape index (κ3) is 5.44. The zero-order valence-corrected chi connectivity index (χ0v) is 26.2. The molecule has 0 saturated carbocycles. The third-order valence-corrected chi connectivity index (χ3v) is 12.4. The Bertz CT molecular complexity index is 1220. The topological polar surface area (TPSA) is 0 Å². The molecule has 0 N–H and O–H groups in total.